The molecule has 3 aromatic rings. The fraction of sp³-hybridized carbons (Fsp3) is 0.407. The number of benzene rings is 2. The van der Waals surface area contributed by atoms with Crippen molar-refractivity contribution in [3.8, 4) is 17.2 Å². The summed E-state index contributed by atoms with van der Waals surface area (Å²) in [6.45, 7) is 7.14. The summed E-state index contributed by atoms with van der Waals surface area (Å²) in [4.78, 5) is 2.35. The Morgan fingerprint density at radius 1 is 1.06 bits per heavy atom. The van der Waals surface area contributed by atoms with Crippen molar-refractivity contribution in [2.24, 2.45) is 0 Å². The molecule has 2 aromatic carbocycles. The van der Waals surface area contributed by atoms with Crippen molar-refractivity contribution in [1.82, 2.24) is 5.16 Å². The Hall–Kier alpha value is -3.10. The van der Waals surface area contributed by atoms with Crippen LogP contribution in [0.2, 0.25) is 0 Å². The highest BCUT2D eigenvalue weighted by atomic mass is 16.5. The highest BCUT2D eigenvalue weighted by Gasteiger charge is 2.44. The van der Waals surface area contributed by atoms with Gasteiger partial charge in [-0.2, -0.15) is 5.26 Å². The second kappa shape index (κ2) is 9.18. The Balaban J connectivity index is 1.70. The third-order valence-electron chi connectivity index (χ3n) is 6.56. The molecule has 1 aromatic heterocycles. The van der Waals surface area contributed by atoms with E-state index in [2.05, 4.69) is 65.5 Å². The SMILES string of the molecule is Cc1ccc(-c2c(C)noc2C)cc1N(CCCCCO)c1ccc(C2(C#N)CC2)cc1. The van der Waals surface area contributed by atoms with Crippen molar-refractivity contribution in [2.45, 2.75) is 58.3 Å². The monoisotopic (exact) mass is 429 g/mol. The molecule has 1 fully saturated rings. The zero-order valence-electron chi connectivity index (χ0n) is 19.2. The van der Waals surface area contributed by atoms with Crippen molar-refractivity contribution >= 4 is 11.4 Å². The fourth-order valence-electron chi connectivity index (χ4n) is 4.45. The van der Waals surface area contributed by atoms with Gasteiger partial charge in [0.25, 0.3) is 0 Å². The predicted molar refractivity (Wildman–Crippen MR) is 127 cm³/mol. The smallest absolute Gasteiger partial charge is 0.141 e. The molecule has 1 saturated carbocycles. The quantitative estimate of drug-likeness (QED) is 0.415. The van der Waals surface area contributed by atoms with Crippen LogP contribution in [-0.4, -0.2) is 23.4 Å². The van der Waals surface area contributed by atoms with Crippen molar-refractivity contribution in [3.05, 3.63) is 65.0 Å². The van der Waals surface area contributed by atoms with Crippen LogP contribution in [0.15, 0.2) is 47.0 Å². The Morgan fingerprint density at radius 3 is 2.41 bits per heavy atom. The van der Waals surface area contributed by atoms with Gasteiger partial charge < -0.3 is 14.5 Å². The van der Waals surface area contributed by atoms with Gasteiger partial charge in [0.1, 0.15) is 5.76 Å². The molecule has 0 unspecified atom stereocenters. The van der Waals surface area contributed by atoms with E-state index in [1.54, 1.807) is 0 Å². The third-order valence-corrected chi connectivity index (χ3v) is 6.56. The first kappa shape index (κ1) is 22.1. The van der Waals surface area contributed by atoms with E-state index in [1.807, 2.05) is 13.8 Å². The zero-order valence-corrected chi connectivity index (χ0v) is 19.2. The number of aliphatic hydroxyl groups is 1. The average molecular weight is 430 g/mol. The minimum atomic E-state index is -0.274. The van der Waals surface area contributed by atoms with Crippen LogP contribution >= 0.6 is 0 Å². The Kier molecular flexibility index (Phi) is 6.34. The van der Waals surface area contributed by atoms with E-state index in [9.17, 15) is 10.4 Å². The summed E-state index contributed by atoms with van der Waals surface area (Å²) in [6, 6.07) is 17.5. The van der Waals surface area contributed by atoms with Gasteiger partial charge in [0, 0.05) is 30.1 Å². The second-order valence-electron chi connectivity index (χ2n) is 8.88. The molecule has 1 aliphatic carbocycles. The molecule has 5 heteroatoms. The number of aryl methyl sites for hydroxylation is 3. The van der Waals surface area contributed by atoms with Crippen LogP contribution in [0.3, 0.4) is 0 Å². The average Bonchev–Trinajstić information content (AvgIpc) is 3.54. The summed E-state index contributed by atoms with van der Waals surface area (Å²) in [5, 5.41) is 22.9. The lowest BCUT2D eigenvalue weighted by molar-refractivity contribution is 0.283. The van der Waals surface area contributed by atoms with Crippen LogP contribution in [-0.2, 0) is 5.41 Å². The fourth-order valence-corrected chi connectivity index (χ4v) is 4.45. The topological polar surface area (TPSA) is 73.3 Å². The molecule has 1 heterocycles. The van der Waals surface area contributed by atoms with Gasteiger partial charge in [-0.1, -0.05) is 29.4 Å². The molecule has 0 bridgehead atoms. The van der Waals surface area contributed by atoms with Crippen molar-refractivity contribution < 1.29 is 9.63 Å². The molecule has 0 aliphatic heterocycles. The maximum Gasteiger partial charge on any atom is 0.141 e. The molecule has 32 heavy (non-hydrogen) atoms. The number of nitrogens with zero attached hydrogens (tertiary/aromatic N) is 3. The van der Waals surface area contributed by atoms with Crippen LogP contribution in [0.25, 0.3) is 11.1 Å². The lowest BCUT2D eigenvalue weighted by Crippen LogP contribution is -2.20. The molecule has 0 amide bonds. The first-order chi connectivity index (χ1) is 15.5. The molecule has 1 N–H and O–H groups in total. The third kappa shape index (κ3) is 4.28. The number of hydrogen-bond donors (Lipinski definition) is 1. The highest BCUT2D eigenvalue weighted by Crippen LogP contribution is 2.48. The molecule has 0 spiro atoms. The molecule has 0 saturated heterocycles. The molecule has 1 aliphatic rings. The summed E-state index contributed by atoms with van der Waals surface area (Å²) in [7, 11) is 0. The number of rotatable bonds is 9. The van der Waals surface area contributed by atoms with Crippen LogP contribution in [0.4, 0.5) is 11.4 Å². The number of nitriles is 1. The van der Waals surface area contributed by atoms with Crippen molar-refractivity contribution in [2.75, 3.05) is 18.1 Å². The summed E-state index contributed by atoms with van der Waals surface area (Å²) in [5.41, 5.74) is 7.34. The van der Waals surface area contributed by atoms with Crippen LogP contribution < -0.4 is 4.90 Å². The Labute approximate surface area is 190 Å². The van der Waals surface area contributed by atoms with E-state index in [0.717, 1.165) is 78.2 Å². The van der Waals surface area contributed by atoms with Crippen LogP contribution in [0.1, 0.15) is 54.7 Å². The highest BCUT2D eigenvalue weighted by molar-refractivity contribution is 5.76. The van der Waals surface area contributed by atoms with Gasteiger partial charge in [0.05, 0.1) is 17.2 Å². The molecule has 5 nitrogen and oxygen atoms in total. The number of aromatic nitrogens is 1. The van der Waals surface area contributed by atoms with Crippen LogP contribution in [0, 0.1) is 32.1 Å². The van der Waals surface area contributed by atoms with Gasteiger partial charge in [0.2, 0.25) is 0 Å². The molecular formula is C27H31N3O2. The van der Waals surface area contributed by atoms with E-state index in [-0.39, 0.29) is 12.0 Å². The Morgan fingerprint density at radius 2 is 1.81 bits per heavy atom. The first-order valence-corrected chi connectivity index (χ1v) is 11.4. The summed E-state index contributed by atoms with van der Waals surface area (Å²) in [6.07, 6.45) is 4.68. The van der Waals surface area contributed by atoms with Gasteiger partial charge in [-0.3, -0.25) is 0 Å². The predicted octanol–water partition coefficient (Wildman–Crippen LogP) is 6.12. The van der Waals surface area contributed by atoms with E-state index in [1.165, 1.54) is 5.56 Å². The largest absolute Gasteiger partial charge is 0.396 e. The summed E-state index contributed by atoms with van der Waals surface area (Å²) < 4.78 is 5.40. The van der Waals surface area contributed by atoms with Gasteiger partial charge in [0.15, 0.2) is 0 Å². The number of anilines is 2. The molecule has 4 rings (SSSR count). The minimum Gasteiger partial charge on any atom is -0.396 e. The lowest BCUT2D eigenvalue weighted by Gasteiger charge is -2.28. The van der Waals surface area contributed by atoms with Gasteiger partial charge in [-0.25, -0.2) is 0 Å². The summed E-state index contributed by atoms with van der Waals surface area (Å²) in [5.74, 6) is 0.822. The van der Waals surface area contributed by atoms with Crippen molar-refractivity contribution in [3.63, 3.8) is 0 Å². The Bertz CT molecular complexity index is 1100. The van der Waals surface area contributed by atoms with E-state index < -0.39 is 0 Å². The van der Waals surface area contributed by atoms with E-state index in [4.69, 9.17) is 4.52 Å². The first-order valence-electron chi connectivity index (χ1n) is 11.4. The van der Waals surface area contributed by atoms with Gasteiger partial charge in [-0.15, -0.1) is 0 Å². The number of hydrogen-bond acceptors (Lipinski definition) is 5. The maximum absolute atomic E-state index is 9.54. The van der Waals surface area contributed by atoms with Gasteiger partial charge in [-0.05, 0) is 87.8 Å². The number of aliphatic hydroxyl groups excluding tert-OH is 1. The van der Waals surface area contributed by atoms with Crippen LogP contribution in [0.5, 0.6) is 0 Å². The van der Waals surface area contributed by atoms with Crippen molar-refractivity contribution in [1.29, 1.82) is 5.26 Å². The molecular weight excluding hydrogens is 398 g/mol. The summed E-state index contributed by atoms with van der Waals surface area (Å²) >= 11 is 0. The molecule has 0 radical (unpaired) electrons. The number of unbranched alkanes of at least 4 members (excludes halogenated alkanes) is 2. The standard InChI is InChI=1S/C27H31N3O2/c1-19-7-8-22(26-20(2)29-32-21(26)3)17-25(19)30(15-5-4-6-16-31)24-11-9-23(10-12-24)27(18-28)13-14-27/h7-12,17,31H,4-6,13-16H2,1-3H3. The molecule has 0 atom stereocenters. The van der Waals surface area contributed by atoms with E-state index >= 15 is 0 Å². The minimum absolute atomic E-state index is 0.228. The molecule has 166 valence electrons. The van der Waals surface area contributed by atoms with E-state index in [0.29, 0.717) is 0 Å². The van der Waals surface area contributed by atoms with Gasteiger partial charge >= 0.3 is 0 Å². The normalized spacial score (nSPS) is 14.2. The second-order valence-corrected chi connectivity index (χ2v) is 8.88. The lowest BCUT2D eigenvalue weighted by atomic mass is 9.97. The maximum atomic E-state index is 9.54. The zero-order chi connectivity index (χ0) is 22.7.